The van der Waals surface area contributed by atoms with E-state index in [0.717, 1.165) is 0 Å². The Labute approximate surface area is 41.3 Å². The van der Waals surface area contributed by atoms with Gasteiger partial charge in [0, 0.05) is 6.54 Å². The van der Waals surface area contributed by atoms with Gasteiger partial charge in [-0.05, 0) is 0 Å². The Kier molecular flexibility index (Phi) is 3.49. The van der Waals surface area contributed by atoms with Crippen molar-refractivity contribution in [3.63, 3.8) is 0 Å². The molecule has 0 saturated carbocycles. The first-order chi connectivity index (χ1) is 3.35. The first kappa shape index (κ1) is 6.55. The average molecular weight is 104 g/mol. The standard InChI is InChI=1S/C3H8N2O2/c4-1-3(2-6)5-7/h2-3,5,7H,1,4H2. The fraction of sp³-hybridized carbons (Fsp3) is 0.667. The number of carbonyl (C=O) groups excluding carboxylic acids is 1. The molecule has 0 heterocycles. The van der Waals surface area contributed by atoms with Crippen LogP contribution in [0.5, 0.6) is 0 Å². The molecule has 0 aromatic rings. The van der Waals surface area contributed by atoms with Crippen molar-refractivity contribution in [1.82, 2.24) is 5.48 Å². The topological polar surface area (TPSA) is 75.4 Å². The number of carbonyl (C=O) groups is 1. The van der Waals surface area contributed by atoms with E-state index in [1.807, 2.05) is 0 Å². The van der Waals surface area contributed by atoms with Gasteiger partial charge < -0.3 is 15.7 Å². The fourth-order valence-corrected chi connectivity index (χ4v) is 0.139. The quantitative estimate of drug-likeness (QED) is 0.300. The molecule has 1 unspecified atom stereocenters. The summed E-state index contributed by atoms with van der Waals surface area (Å²) in [6, 6.07) is -0.611. The minimum absolute atomic E-state index is 0.125. The molecule has 4 nitrogen and oxygen atoms in total. The Morgan fingerprint density at radius 1 is 2.00 bits per heavy atom. The number of hydroxylamine groups is 1. The fourth-order valence-electron chi connectivity index (χ4n) is 0.139. The van der Waals surface area contributed by atoms with E-state index in [4.69, 9.17) is 10.9 Å². The molecule has 7 heavy (non-hydrogen) atoms. The van der Waals surface area contributed by atoms with Crippen molar-refractivity contribution in [1.29, 1.82) is 0 Å². The van der Waals surface area contributed by atoms with E-state index < -0.39 is 6.04 Å². The van der Waals surface area contributed by atoms with Gasteiger partial charge in [-0.1, -0.05) is 0 Å². The van der Waals surface area contributed by atoms with Crippen LogP contribution < -0.4 is 11.2 Å². The molecule has 0 bridgehead atoms. The van der Waals surface area contributed by atoms with Crippen LogP contribution in [-0.4, -0.2) is 24.1 Å². The van der Waals surface area contributed by atoms with Gasteiger partial charge in [-0.3, -0.25) is 0 Å². The molecule has 4 heteroatoms. The van der Waals surface area contributed by atoms with Crippen molar-refractivity contribution in [2.75, 3.05) is 6.54 Å². The van der Waals surface area contributed by atoms with E-state index in [9.17, 15) is 4.79 Å². The van der Waals surface area contributed by atoms with E-state index in [1.54, 1.807) is 5.48 Å². The lowest BCUT2D eigenvalue weighted by molar-refractivity contribution is -0.111. The molecule has 0 aromatic heterocycles. The smallest absolute Gasteiger partial charge is 0.140 e. The number of aldehydes is 1. The van der Waals surface area contributed by atoms with Gasteiger partial charge in [0.25, 0.3) is 0 Å². The van der Waals surface area contributed by atoms with Crippen LogP contribution in [0.4, 0.5) is 0 Å². The van der Waals surface area contributed by atoms with Gasteiger partial charge in [-0.15, -0.1) is 0 Å². The number of rotatable bonds is 3. The lowest BCUT2D eigenvalue weighted by Crippen LogP contribution is -2.34. The second-order valence-corrected chi connectivity index (χ2v) is 1.11. The second-order valence-electron chi connectivity index (χ2n) is 1.11. The zero-order valence-corrected chi connectivity index (χ0v) is 3.79. The number of hydrogen-bond donors (Lipinski definition) is 3. The van der Waals surface area contributed by atoms with Gasteiger partial charge in [0.05, 0.1) is 6.04 Å². The Bertz CT molecular complexity index is 52.9. The molecule has 0 saturated heterocycles. The van der Waals surface area contributed by atoms with Crippen LogP contribution in [0.3, 0.4) is 0 Å². The summed E-state index contributed by atoms with van der Waals surface area (Å²) < 4.78 is 0. The van der Waals surface area contributed by atoms with Crippen LogP contribution >= 0.6 is 0 Å². The van der Waals surface area contributed by atoms with Crippen LogP contribution in [0.2, 0.25) is 0 Å². The summed E-state index contributed by atoms with van der Waals surface area (Å²) in [5, 5.41) is 7.96. The molecule has 0 fully saturated rings. The molecule has 0 amide bonds. The summed E-state index contributed by atoms with van der Waals surface area (Å²) in [6.07, 6.45) is 0.542. The monoisotopic (exact) mass is 104 g/mol. The van der Waals surface area contributed by atoms with Crippen molar-refractivity contribution in [2.24, 2.45) is 5.73 Å². The van der Waals surface area contributed by atoms with E-state index in [0.29, 0.717) is 6.29 Å². The summed E-state index contributed by atoms with van der Waals surface area (Å²) in [5.41, 5.74) is 6.65. The maximum Gasteiger partial charge on any atom is 0.140 e. The van der Waals surface area contributed by atoms with Crippen LogP contribution in [0.15, 0.2) is 0 Å². The number of nitrogens with one attached hydrogen (secondary N) is 1. The molecular weight excluding hydrogens is 96.0 g/mol. The maximum atomic E-state index is 9.66. The molecular formula is C3H8N2O2. The SMILES string of the molecule is NCC(C=O)NO. The highest BCUT2D eigenvalue weighted by Gasteiger charge is 1.97. The summed E-state index contributed by atoms with van der Waals surface area (Å²) in [5.74, 6) is 0. The van der Waals surface area contributed by atoms with Crippen molar-refractivity contribution < 1.29 is 10.0 Å². The third-order valence-corrected chi connectivity index (χ3v) is 0.584. The third kappa shape index (κ3) is 2.27. The molecule has 0 aromatic carbocycles. The van der Waals surface area contributed by atoms with E-state index >= 15 is 0 Å². The van der Waals surface area contributed by atoms with Crippen molar-refractivity contribution in [2.45, 2.75) is 6.04 Å². The Hall–Kier alpha value is -0.450. The molecule has 4 N–H and O–H groups in total. The lowest BCUT2D eigenvalue weighted by Gasteiger charge is -1.99. The van der Waals surface area contributed by atoms with Crippen molar-refractivity contribution >= 4 is 6.29 Å². The third-order valence-electron chi connectivity index (χ3n) is 0.584. The zero-order chi connectivity index (χ0) is 5.70. The van der Waals surface area contributed by atoms with Gasteiger partial charge in [0.15, 0.2) is 0 Å². The minimum Gasteiger partial charge on any atom is -0.328 e. The number of hydrogen-bond acceptors (Lipinski definition) is 4. The first-order valence-electron chi connectivity index (χ1n) is 1.90. The van der Waals surface area contributed by atoms with E-state index in [2.05, 4.69) is 0 Å². The highest BCUT2D eigenvalue weighted by molar-refractivity contribution is 5.57. The van der Waals surface area contributed by atoms with Crippen molar-refractivity contribution in [3.05, 3.63) is 0 Å². The van der Waals surface area contributed by atoms with Crippen LogP contribution in [0.1, 0.15) is 0 Å². The summed E-state index contributed by atoms with van der Waals surface area (Å²) in [4.78, 5) is 9.66. The minimum atomic E-state index is -0.611. The zero-order valence-electron chi connectivity index (χ0n) is 3.79. The molecule has 0 rings (SSSR count). The average Bonchev–Trinajstić information content (AvgIpc) is 1.72. The molecule has 0 aliphatic rings. The van der Waals surface area contributed by atoms with E-state index in [-0.39, 0.29) is 6.54 Å². The predicted molar refractivity (Wildman–Crippen MR) is 23.8 cm³/mol. The highest BCUT2D eigenvalue weighted by Crippen LogP contribution is 1.64. The van der Waals surface area contributed by atoms with Gasteiger partial charge in [0.2, 0.25) is 0 Å². The van der Waals surface area contributed by atoms with Crippen LogP contribution in [-0.2, 0) is 4.79 Å². The summed E-state index contributed by atoms with van der Waals surface area (Å²) in [6.45, 7) is 0.125. The maximum absolute atomic E-state index is 9.66. The largest absolute Gasteiger partial charge is 0.328 e. The Morgan fingerprint density at radius 3 is 2.57 bits per heavy atom. The summed E-state index contributed by atoms with van der Waals surface area (Å²) >= 11 is 0. The Balaban J connectivity index is 3.16. The molecule has 0 aliphatic carbocycles. The number of nitrogens with two attached hydrogens (primary N) is 1. The molecule has 0 spiro atoms. The highest BCUT2D eigenvalue weighted by atomic mass is 16.5. The van der Waals surface area contributed by atoms with Gasteiger partial charge in [-0.2, -0.15) is 5.48 Å². The normalized spacial score (nSPS) is 13.4. The second kappa shape index (κ2) is 3.73. The molecule has 0 radical (unpaired) electrons. The van der Waals surface area contributed by atoms with Crippen LogP contribution in [0, 0.1) is 0 Å². The van der Waals surface area contributed by atoms with Gasteiger partial charge >= 0.3 is 0 Å². The summed E-state index contributed by atoms with van der Waals surface area (Å²) in [7, 11) is 0. The molecule has 42 valence electrons. The van der Waals surface area contributed by atoms with Crippen molar-refractivity contribution in [3.8, 4) is 0 Å². The van der Waals surface area contributed by atoms with Gasteiger partial charge in [-0.25, -0.2) is 0 Å². The first-order valence-corrected chi connectivity index (χ1v) is 1.90. The lowest BCUT2D eigenvalue weighted by atomic mass is 10.4. The Morgan fingerprint density at radius 2 is 2.57 bits per heavy atom. The van der Waals surface area contributed by atoms with Crippen LogP contribution in [0.25, 0.3) is 0 Å². The molecule has 0 aliphatic heterocycles. The van der Waals surface area contributed by atoms with Gasteiger partial charge in [0.1, 0.15) is 6.29 Å². The molecule has 1 atom stereocenters. The predicted octanol–water partition coefficient (Wildman–Crippen LogP) is -1.51. The van der Waals surface area contributed by atoms with E-state index in [1.165, 1.54) is 0 Å².